The second-order valence-corrected chi connectivity index (χ2v) is 7.66. The van der Waals surface area contributed by atoms with Gasteiger partial charge in [-0.3, -0.25) is 4.79 Å². The van der Waals surface area contributed by atoms with Gasteiger partial charge in [-0.05, 0) is 41.8 Å². The van der Waals surface area contributed by atoms with Gasteiger partial charge in [-0.25, -0.2) is 0 Å². The van der Waals surface area contributed by atoms with Gasteiger partial charge in [-0.1, -0.05) is 18.2 Å². The highest BCUT2D eigenvalue weighted by molar-refractivity contribution is 5.98. The van der Waals surface area contributed by atoms with Crippen molar-refractivity contribution in [2.24, 2.45) is 5.41 Å². The van der Waals surface area contributed by atoms with Crippen LogP contribution in [0.15, 0.2) is 42.5 Å². The summed E-state index contributed by atoms with van der Waals surface area (Å²) in [5.74, 6) is 1.65. The molecule has 0 bridgehead atoms. The highest BCUT2D eigenvalue weighted by Gasteiger charge is 2.71. The van der Waals surface area contributed by atoms with Gasteiger partial charge in [-0.2, -0.15) is 0 Å². The Morgan fingerprint density at radius 2 is 1.88 bits per heavy atom. The Morgan fingerprint density at radius 1 is 1.08 bits per heavy atom. The zero-order valence-electron chi connectivity index (χ0n) is 14.8. The van der Waals surface area contributed by atoms with Gasteiger partial charge in [0.2, 0.25) is 0 Å². The summed E-state index contributed by atoms with van der Waals surface area (Å²) in [6, 6.07) is 14.2. The summed E-state index contributed by atoms with van der Waals surface area (Å²) in [5, 5.41) is 6.39. The standard InChI is InChI=1S/C21H22N2O3/c1-25-16-6-3-15(4-7-16)21-10-20(21,11-22-12-21)13-26-17-5-2-14-9-23-19(24)18(14)8-17/h2-8,22H,9-13H2,1H3,(H,23,24)/t20?,21-/m0/s1. The Hall–Kier alpha value is -2.53. The molecule has 2 heterocycles. The number of hydrogen-bond acceptors (Lipinski definition) is 4. The van der Waals surface area contributed by atoms with E-state index in [1.165, 1.54) is 5.56 Å². The van der Waals surface area contributed by atoms with Crippen molar-refractivity contribution in [2.45, 2.75) is 18.4 Å². The number of amides is 1. The largest absolute Gasteiger partial charge is 0.497 e. The van der Waals surface area contributed by atoms with E-state index in [4.69, 9.17) is 9.47 Å². The van der Waals surface area contributed by atoms with Gasteiger partial charge in [0.25, 0.3) is 5.91 Å². The van der Waals surface area contributed by atoms with Gasteiger partial charge >= 0.3 is 0 Å². The van der Waals surface area contributed by atoms with Crippen molar-refractivity contribution < 1.29 is 14.3 Å². The van der Waals surface area contributed by atoms with Crippen molar-refractivity contribution in [3.05, 3.63) is 59.2 Å². The van der Waals surface area contributed by atoms with Crippen LogP contribution in [0.2, 0.25) is 0 Å². The predicted molar refractivity (Wildman–Crippen MR) is 97.7 cm³/mol. The average molecular weight is 350 g/mol. The average Bonchev–Trinajstić information content (AvgIpc) is 2.96. The maximum Gasteiger partial charge on any atom is 0.252 e. The van der Waals surface area contributed by atoms with E-state index >= 15 is 0 Å². The summed E-state index contributed by atoms with van der Waals surface area (Å²) in [6.45, 7) is 3.22. The third kappa shape index (κ3) is 2.16. The molecule has 5 rings (SSSR count). The minimum absolute atomic E-state index is 0.00912. The maximum absolute atomic E-state index is 11.9. The normalized spacial score (nSPS) is 28.3. The van der Waals surface area contributed by atoms with Crippen LogP contribution in [0.25, 0.3) is 0 Å². The fraction of sp³-hybridized carbons (Fsp3) is 0.381. The second-order valence-electron chi connectivity index (χ2n) is 7.66. The Labute approximate surface area is 152 Å². The molecule has 0 aromatic heterocycles. The lowest BCUT2D eigenvalue weighted by atomic mass is 9.89. The molecule has 2 N–H and O–H groups in total. The predicted octanol–water partition coefficient (Wildman–Crippen LogP) is 2.25. The van der Waals surface area contributed by atoms with Crippen LogP contribution in [0.1, 0.15) is 27.9 Å². The number of carbonyl (C=O) groups is 1. The molecular weight excluding hydrogens is 328 g/mol. The number of hydrogen-bond donors (Lipinski definition) is 2. The minimum atomic E-state index is -0.00912. The van der Waals surface area contributed by atoms with E-state index < -0.39 is 0 Å². The fourth-order valence-corrected chi connectivity index (χ4v) is 4.69. The van der Waals surface area contributed by atoms with E-state index in [1.807, 2.05) is 30.3 Å². The van der Waals surface area contributed by atoms with Crippen LogP contribution in [-0.4, -0.2) is 32.7 Å². The van der Waals surface area contributed by atoms with E-state index in [9.17, 15) is 4.79 Å². The van der Waals surface area contributed by atoms with Crippen molar-refractivity contribution >= 4 is 5.91 Å². The molecule has 5 nitrogen and oxygen atoms in total. The van der Waals surface area contributed by atoms with E-state index in [-0.39, 0.29) is 16.7 Å². The lowest BCUT2D eigenvalue weighted by molar-refractivity contribution is 0.0965. The van der Waals surface area contributed by atoms with Crippen molar-refractivity contribution in [1.82, 2.24) is 10.6 Å². The first-order chi connectivity index (χ1) is 12.7. The highest BCUT2D eigenvalue weighted by atomic mass is 16.5. The Balaban J connectivity index is 1.34. The molecule has 26 heavy (non-hydrogen) atoms. The van der Waals surface area contributed by atoms with Gasteiger partial charge in [-0.15, -0.1) is 0 Å². The molecule has 2 fully saturated rings. The first-order valence-electron chi connectivity index (χ1n) is 9.05. The van der Waals surface area contributed by atoms with E-state index in [0.29, 0.717) is 13.2 Å². The van der Waals surface area contributed by atoms with Crippen molar-refractivity contribution in [3.63, 3.8) is 0 Å². The topological polar surface area (TPSA) is 59.6 Å². The summed E-state index contributed by atoms with van der Waals surface area (Å²) >= 11 is 0. The molecule has 1 amide bonds. The molecule has 2 aromatic rings. The molecular formula is C21H22N2O3. The van der Waals surface area contributed by atoms with Gasteiger partial charge < -0.3 is 20.1 Å². The number of nitrogens with one attached hydrogen (secondary N) is 2. The number of carbonyl (C=O) groups excluding carboxylic acids is 1. The number of methoxy groups -OCH3 is 1. The molecule has 2 atom stereocenters. The minimum Gasteiger partial charge on any atom is -0.497 e. The van der Waals surface area contributed by atoms with Gasteiger partial charge in [0.1, 0.15) is 11.5 Å². The third-order valence-corrected chi connectivity index (χ3v) is 6.34. The summed E-state index contributed by atoms with van der Waals surface area (Å²) in [4.78, 5) is 11.9. The Bertz CT molecular complexity index is 879. The van der Waals surface area contributed by atoms with Gasteiger partial charge in [0.05, 0.1) is 13.7 Å². The van der Waals surface area contributed by atoms with Crippen LogP contribution in [0.5, 0.6) is 11.5 Å². The van der Waals surface area contributed by atoms with Crippen molar-refractivity contribution in [1.29, 1.82) is 0 Å². The summed E-state index contributed by atoms with van der Waals surface area (Å²) in [7, 11) is 1.69. The van der Waals surface area contributed by atoms with Crippen molar-refractivity contribution in [2.75, 3.05) is 26.8 Å². The fourth-order valence-electron chi connectivity index (χ4n) is 4.69. The summed E-state index contributed by atoms with van der Waals surface area (Å²) in [5.41, 5.74) is 3.40. The van der Waals surface area contributed by atoms with Crippen LogP contribution >= 0.6 is 0 Å². The molecule has 3 aliphatic rings. The van der Waals surface area contributed by atoms with Crippen LogP contribution in [0.4, 0.5) is 0 Å². The van der Waals surface area contributed by atoms with Crippen molar-refractivity contribution in [3.8, 4) is 11.5 Å². The number of ether oxygens (including phenoxy) is 2. The first-order valence-corrected chi connectivity index (χ1v) is 9.05. The number of piperidine rings is 1. The van der Waals surface area contributed by atoms with E-state index in [0.717, 1.165) is 42.1 Å². The third-order valence-electron chi connectivity index (χ3n) is 6.34. The summed E-state index contributed by atoms with van der Waals surface area (Å²) in [6.07, 6.45) is 1.13. The Kier molecular flexibility index (Phi) is 3.31. The monoisotopic (exact) mass is 350 g/mol. The molecule has 1 unspecified atom stereocenters. The quantitative estimate of drug-likeness (QED) is 0.868. The zero-order chi connectivity index (χ0) is 17.8. The smallest absolute Gasteiger partial charge is 0.252 e. The molecule has 5 heteroatoms. The molecule has 1 aliphatic carbocycles. The number of benzene rings is 2. The molecule has 0 spiro atoms. The number of fused-ring (bicyclic) bond motifs is 2. The SMILES string of the molecule is COc1ccc([C@]23CNCC2(COc2ccc4c(c2)C(=O)NC4)C3)cc1. The second kappa shape index (κ2) is 5.48. The zero-order valence-corrected chi connectivity index (χ0v) is 14.8. The van der Waals surface area contributed by atoms with E-state index in [2.05, 4.69) is 22.8 Å². The highest BCUT2D eigenvalue weighted by Crippen LogP contribution is 2.66. The molecule has 1 saturated carbocycles. The van der Waals surface area contributed by atoms with Crippen LogP contribution < -0.4 is 20.1 Å². The maximum atomic E-state index is 11.9. The Morgan fingerprint density at radius 3 is 2.69 bits per heavy atom. The number of rotatable bonds is 5. The van der Waals surface area contributed by atoms with Gasteiger partial charge in [0.15, 0.2) is 0 Å². The van der Waals surface area contributed by atoms with Crippen LogP contribution in [-0.2, 0) is 12.0 Å². The van der Waals surface area contributed by atoms with Crippen LogP contribution in [0, 0.1) is 5.41 Å². The molecule has 1 saturated heterocycles. The molecule has 2 aromatic carbocycles. The molecule has 134 valence electrons. The van der Waals surface area contributed by atoms with E-state index in [1.54, 1.807) is 7.11 Å². The van der Waals surface area contributed by atoms with Gasteiger partial charge in [0, 0.05) is 36.0 Å². The lowest BCUT2D eigenvalue weighted by Gasteiger charge is -2.19. The van der Waals surface area contributed by atoms with Crippen LogP contribution in [0.3, 0.4) is 0 Å². The summed E-state index contributed by atoms with van der Waals surface area (Å²) < 4.78 is 11.4. The lowest BCUT2D eigenvalue weighted by Crippen LogP contribution is -2.23. The first kappa shape index (κ1) is 15.7. The molecule has 0 radical (unpaired) electrons. The molecule has 2 aliphatic heterocycles.